The third-order valence-electron chi connectivity index (χ3n) is 10.8. The summed E-state index contributed by atoms with van der Waals surface area (Å²) in [7, 11) is 3.37. The molecule has 0 aliphatic carbocycles. The fourth-order valence-electron chi connectivity index (χ4n) is 7.00. The number of imidazole rings is 1. The Morgan fingerprint density at radius 1 is 0.770 bits per heavy atom. The number of aryl methyl sites for hydroxylation is 1. The maximum Gasteiger partial charge on any atom is 0.243 e. The fourth-order valence-corrected chi connectivity index (χ4v) is 7.00. The van der Waals surface area contributed by atoms with Gasteiger partial charge in [-0.3, -0.25) is 28.9 Å². The molecule has 1 fully saturated rings. The van der Waals surface area contributed by atoms with E-state index in [1.165, 1.54) is 14.0 Å². The number of hydrogen-bond acceptors (Lipinski definition) is 8. The van der Waals surface area contributed by atoms with Crippen molar-refractivity contribution in [2.45, 2.75) is 102 Å². The van der Waals surface area contributed by atoms with E-state index in [4.69, 9.17) is 0 Å². The fraction of sp³-hybridized carbons (Fsp3) is 0.524. The van der Waals surface area contributed by atoms with Crippen LogP contribution in [0.4, 0.5) is 22.0 Å². The second-order valence-corrected chi connectivity index (χ2v) is 15.6. The van der Waals surface area contributed by atoms with Crippen molar-refractivity contribution in [2.24, 2.45) is 13.0 Å². The van der Waals surface area contributed by atoms with Crippen molar-refractivity contribution in [1.29, 1.82) is 0 Å². The number of rotatable bonds is 21. The lowest BCUT2D eigenvalue weighted by molar-refractivity contribution is -0.134. The molecule has 3 aromatic rings. The smallest absolute Gasteiger partial charge is 0.243 e. The number of likely N-dealkylation sites (N-methyl/N-ethyl adjacent to an activating group) is 1. The number of carbonyl (C=O) groups excluding carboxylic acids is 5. The van der Waals surface area contributed by atoms with E-state index in [1.54, 1.807) is 36.7 Å². The van der Waals surface area contributed by atoms with E-state index in [9.17, 15) is 45.9 Å². The maximum atomic E-state index is 14.8. The van der Waals surface area contributed by atoms with Gasteiger partial charge in [0.15, 0.2) is 23.3 Å². The molecule has 19 heteroatoms. The van der Waals surface area contributed by atoms with Gasteiger partial charge in [-0.25, -0.2) is 26.9 Å². The van der Waals surface area contributed by atoms with Crippen LogP contribution in [0.2, 0.25) is 0 Å². The Labute approximate surface area is 352 Å². The van der Waals surface area contributed by atoms with Crippen molar-refractivity contribution in [3.63, 3.8) is 0 Å². The molecular formula is C42H56F5N9O5. The zero-order valence-electron chi connectivity index (χ0n) is 35.1. The minimum absolute atomic E-state index is 0.0217. The number of halogens is 5. The molecule has 4 rings (SSSR count). The van der Waals surface area contributed by atoms with Crippen molar-refractivity contribution in [2.75, 3.05) is 26.7 Å². The molecule has 0 spiro atoms. The average molecular weight is 862 g/mol. The molecule has 0 saturated carbocycles. The van der Waals surface area contributed by atoms with Crippen LogP contribution in [0.25, 0.3) is 0 Å². The normalized spacial score (nSPS) is 15.1. The lowest BCUT2D eigenvalue weighted by Gasteiger charge is -2.27. The van der Waals surface area contributed by atoms with Gasteiger partial charge < -0.3 is 36.5 Å². The molecule has 0 unspecified atom stereocenters. The van der Waals surface area contributed by atoms with Crippen LogP contribution in [0.5, 0.6) is 0 Å². The van der Waals surface area contributed by atoms with Crippen LogP contribution in [0.1, 0.15) is 69.7 Å². The maximum absolute atomic E-state index is 14.8. The Hall–Kier alpha value is -5.43. The first-order chi connectivity index (χ1) is 29.0. The van der Waals surface area contributed by atoms with E-state index < -0.39 is 101 Å². The third-order valence-corrected chi connectivity index (χ3v) is 10.8. The highest BCUT2D eigenvalue weighted by atomic mass is 19.2. The zero-order valence-corrected chi connectivity index (χ0v) is 35.1. The number of nitrogens with one attached hydrogen (secondary N) is 6. The molecule has 5 amide bonds. The van der Waals surface area contributed by atoms with Gasteiger partial charge in [0.2, 0.25) is 35.4 Å². The minimum Gasteiger partial charge on any atom is -0.357 e. The van der Waals surface area contributed by atoms with Gasteiger partial charge in [-0.1, -0.05) is 30.3 Å². The summed E-state index contributed by atoms with van der Waals surface area (Å²) in [5.41, 5.74) is 0.376. The van der Waals surface area contributed by atoms with E-state index in [0.717, 1.165) is 12.2 Å². The molecule has 6 N–H and O–H groups in total. The number of hydrogen-bond donors (Lipinski definition) is 6. The molecule has 1 saturated heterocycles. The van der Waals surface area contributed by atoms with E-state index in [-0.39, 0.29) is 18.9 Å². The topological polar surface area (TPSA) is 179 Å². The summed E-state index contributed by atoms with van der Waals surface area (Å²) in [6, 6.07) is 3.40. The summed E-state index contributed by atoms with van der Waals surface area (Å²) < 4.78 is 73.7. The van der Waals surface area contributed by atoms with E-state index in [1.807, 2.05) is 17.8 Å². The van der Waals surface area contributed by atoms with Crippen LogP contribution in [-0.2, 0) is 50.4 Å². The molecule has 1 aliphatic heterocycles. The van der Waals surface area contributed by atoms with Crippen LogP contribution in [0, 0.1) is 35.0 Å². The number of amides is 5. The van der Waals surface area contributed by atoms with Crippen LogP contribution in [0.15, 0.2) is 42.9 Å². The Morgan fingerprint density at radius 3 is 1.95 bits per heavy atom. The van der Waals surface area contributed by atoms with Crippen LogP contribution in [0.3, 0.4) is 0 Å². The van der Waals surface area contributed by atoms with Crippen LogP contribution in [-0.4, -0.2) is 101 Å². The second kappa shape index (κ2) is 23.0. The quantitative estimate of drug-likeness (QED) is 0.0410. The Bertz CT molecular complexity index is 1950. The standard InChI is InChI=1S/C42H56F5N9O5/c1-24(2)56(22-28-21-50-23-55(28)5)18-10-9-13-30(40(59)48-4)52-42(61)31(19-26-11-7-6-8-12-26)53-38(57)25(3)51-41(60)32(54-39(58)27-14-16-49-17-15-27)20-29-33(43)35(45)37(47)36(46)34(29)44/h6-8,11-12,21,23-25,27,30-32,49H,9-10,13-20,22H2,1-5H3,(H,48,59)(H,51,60)(H,52,61)(H,53,57)(H,54,58)/t25-,30-,31-,32-/m0/s1. The molecule has 4 atom stereocenters. The molecule has 0 bridgehead atoms. The van der Waals surface area contributed by atoms with Crippen molar-refractivity contribution < 1.29 is 45.9 Å². The van der Waals surface area contributed by atoms with Gasteiger partial charge in [-0.2, -0.15) is 0 Å². The predicted octanol–water partition coefficient (Wildman–Crippen LogP) is 2.69. The Kier molecular flexibility index (Phi) is 18.2. The van der Waals surface area contributed by atoms with Gasteiger partial charge in [0, 0.05) is 57.2 Å². The lowest BCUT2D eigenvalue weighted by atomic mass is 9.96. The van der Waals surface area contributed by atoms with Crippen molar-refractivity contribution in [3.8, 4) is 0 Å². The molecule has 14 nitrogen and oxygen atoms in total. The van der Waals surface area contributed by atoms with Gasteiger partial charge in [0.1, 0.15) is 24.2 Å². The van der Waals surface area contributed by atoms with E-state index >= 15 is 0 Å². The highest BCUT2D eigenvalue weighted by molar-refractivity contribution is 5.95. The van der Waals surface area contributed by atoms with Crippen molar-refractivity contribution in [1.82, 2.24) is 46.4 Å². The highest BCUT2D eigenvalue weighted by Crippen LogP contribution is 2.25. The summed E-state index contributed by atoms with van der Waals surface area (Å²) >= 11 is 0. The molecule has 2 aromatic carbocycles. The first-order valence-corrected chi connectivity index (χ1v) is 20.4. The van der Waals surface area contributed by atoms with Gasteiger partial charge in [-0.05, 0) is 78.1 Å². The summed E-state index contributed by atoms with van der Waals surface area (Å²) in [4.78, 5) is 73.9. The predicted molar refractivity (Wildman–Crippen MR) is 216 cm³/mol. The number of benzene rings is 2. The average Bonchev–Trinajstić information content (AvgIpc) is 3.66. The molecule has 334 valence electrons. The molecular weight excluding hydrogens is 806 g/mol. The summed E-state index contributed by atoms with van der Waals surface area (Å²) in [5.74, 6) is -15.6. The zero-order chi connectivity index (χ0) is 44.8. The first kappa shape index (κ1) is 48.2. The summed E-state index contributed by atoms with van der Waals surface area (Å²) in [6.45, 7) is 7.76. The number of aromatic nitrogens is 2. The SMILES string of the molecule is CNC(=O)[C@H](CCCCN(Cc1cncn1C)C(C)C)NC(=O)[C@H](Cc1ccccc1)NC(=O)[C@H](C)NC(=O)[C@H](Cc1c(F)c(F)c(F)c(F)c1F)NC(=O)C1CCNCC1. The Balaban J connectivity index is 1.47. The third kappa shape index (κ3) is 13.5. The molecule has 2 heterocycles. The van der Waals surface area contributed by atoms with Crippen molar-refractivity contribution >= 4 is 29.5 Å². The largest absolute Gasteiger partial charge is 0.357 e. The summed E-state index contributed by atoms with van der Waals surface area (Å²) in [6.07, 6.45) is 4.68. The molecule has 1 aliphatic rings. The Morgan fingerprint density at radius 2 is 1.36 bits per heavy atom. The van der Waals surface area contributed by atoms with Crippen LogP contribution >= 0.6 is 0 Å². The monoisotopic (exact) mass is 861 g/mol. The van der Waals surface area contributed by atoms with Gasteiger partial charge in [-0.15, -0.1) is 0 Å². The first-order valence-electron chi connectivity index (χ1n) is 20.4. The van der Waals surface area contributed by atoms with E-state index in [0.29, 0.717) is 50.9 Å². The van der Waals surface area contributed by atoms with Crippen molar-refractivity contribution in [3.05, 3.63) is 88.8 Å². The number of unbranched alkanes of at least 4 members (excludes halogenated alkanes) is 1. The minimum atomic E-state index is -2.38. The van der Waals surface area contributed by atoms with Gasteiger partial charge >= 0.3 is 0 Å². The molecule has 0 radical (unpaired) electrons. The number of piperidine rings is 1. The second-order valence-electron chi connectivity index (χ2n) is 15.6. The molecule has 1 aromatic heterocycles. The van der Waals surface area contributed by atoms with E-state index in [2.05, 4.69) is 55.6 Å². The number of carbonyl (C=O) groups is 5. The van der Waals surface area contributed by atoms with Gasteiger partial charge in [0.05, 0.1) is 12.0 Å². The van der Waals surface area contributed by atoms with Crippen LogP contribution < -0.4 is 31.9 Å². The highest BCUT2D eigenvalue weighted by Gasteiger charge is 2.34. The lowest BCUT2D eigenvalue weighted by Crippen LogP contribution is -2.58. The molecule has 61 heavy (non-hydrogen) atoms. The van der Waals surface area contributed by atoms with Gasteiger partial charge in [0.25, 0.3) is 0 Å². The number of nitrogens with zero attached hydrogens (tertiary/aromatic N) is 3. The summed E-state index contributed by atoms with van der Waals surface area (Å²) in [5, 5.41) is 15.7.